The average Bonchev–Trinajstić information content (AvgIpc) is 2.77. The number of nitrogens with zero attached hydrogens (tertiary/aromatic N) is 2. The standard InChI is InChI=1S/C15H21N3/c1-3-13-11-14(18(2)17-13)9-10-15(16)12-7-5-4-6-8-12/h4-8,11,15H,3,9-10,16H2,1-2H3. The van der Waals surface area contributed by atoms with E-state index in [1.165, 1.54) is 11.3 Å². The zero-order chi connectivity index (χ0) is 13.0. The van der Waals surface area contributed by atoms with Crippen LogP contribution in [0.3, 0.4) is 0 Å². The minimum Gasteiger partial charge on any atom is -0.324 e. The van der Waals surface area contributed by atoms with Crippen LogP contribution in [0.15, 0.2) is 36.4 Å². The fourth-order valence-electron chi connectivity index (χ4n) is 2.15. The zero-order valence-electron chi connectivity index (χ0n) is 11.1. The van der Waals surface area contributed by atoms with Gasteiger partial charge in [0, 0.05) is 18.8 Å². The molecule has 0 aliphatic heterocycles. The van der Waals surface area contributed by atoms with Crippen molar-refractivity contribution in [1.29, 1.82) is 0 Å². The fraction of sp³-hybridized carbons (Fsp3) is 0.400. The molecule has 2 rings (SSSR count). The van der Waals surface area contributed by atoms with Crippen LogP contribution in [0.5, 0.6) is 0 Å². The Hall–Kier alpha value is -1.61. The first kappa shape index (κ1) is 12.8. The number of aromatic nitrogens is 2. The van der Waals surface area contributed by atoms with Crippen LogP contribution in [0.2, 0.25) is 0 Å². The molecular weight excluding hydrogens is 222 g/mol. The van der Waals surface area contributed by atoms with Gasteiger partial charge < -0.3 is 5.73 Å². The van der Waals surface area contributed by atoms with Gasteiger partial charge in [-0.25, -0.2) is 0 Å². The Morgan fingerprint density at radius 3 is 2.61 bits per heavy atom. The van der Waals surface area contributed by atoms with E-state index in [9.17, 15) is 0 Å². The summed E-state index contributed by atoms with van der Waals surface area (Å²) in [5.74, 6) is 0. The molecule has 0 aliphatic carbocycles. The van der Waals surface area contributed by atoms with Gasteiger partial charge in [-0.3, -0.25) is 4.68 Å². The van der Waals surface area contributed by atoms with Crippen LogP contribution in [0, 0.1) is 0 Å². The molecule has 3 nitrogen and oxygen atoms in total. The molecule has 0 bridgehead atoms. The molecule has 0 saturated carbocycles. The summed E-state index contributed by atoms with van der Waals surface area (Å²) in [5, 5.41) is 4.46. The van der Waals surface area contributed by atoms with Crippen molar-refractivity contribution in [2.24, 2.45) is 12.8 Å². The van der Waals surface area contributed by atoms with Crippen molar-refractivity contribution in [1.82, 2.24) is 9.78 Å². The summed E-state index contributed by atoms with van der Waals surface area (Å²) in [4.78, 5) is 0. The van der Waals surface area contributed by atoms with Crippen molar-refractivity contribution >= 4 is 0 Å². The van der Waals surface area contributed by atoms with E-state index in [0.717, 1.165) is 25.0 Å². The van der Waals surface area contributed by atoms with E-state index in [1.807, 2.05) is 29.9 Å². The molecule has 18 heavy (non-hydrogen) atoms. The zero-order valence-corrected chi connectivity index (χ0v) is 11.1. The quantitative estimate of drug-likeness (QED) is 0.877. The summed E-state index contributed by atoms with van der Waals surface area (Å²) in [6.07, 6.45) is 2.91. The second kappa shape index (κ2) is 5.83. The Morgan fingerprint density at radius 1 is 1.28 bits per heavy atom. The third-order valence-electron chi connectivity index (χ3n) is 3.33. The summed E-state index contributed by atoms with van der Waals surface area (Å²) >= 11 is 0. The minimum atomic E-state index is 0.103. The Labute approximate surface area is 109 Å². The lowest BCUT2D eigenvalue weighted by Crippen LogP contribution is -2.12. The SMILES string of the molecule is CCc1cc(CCC(N)c2ccccc2)n(C)n1. The maximum atomic E-state index is 6.20. The molecular formula is C15H21N3. The number of nitrogens with two attached hydrogens (primary N) is 1. The largest absolute Gasteiger partial charge is 0.324 e. The van der Waals surface area contributed by atoms with Crippen molar-refractivity contribution < 1.29 is 0 Å². The van der Waals surface area contributed by atoms with Crippen LogP contribution < -0.4 is 5.73 Å². The third-order valence-corrected chi connectivity index (χ3v) is 3.33. The van der Waals surface area contributed by atoms with E-state index >= 15 is 0 Å². The van der Waals surface area contributed by atoms with Crippen LogP contribution in [-0.2, 0) is 19.9 Å². The molecule has 1 unspecified atom stereocenters. The normalized spacial score (nSPS) is 12.6. The highest BCUT2D eigenvalue weighted by atomic mass is 15.3. The maximum Gasteiger partial charge on any atom is 0.0624 e. The summed E-state index contributed by atoms with van der Waals surface area (Å²) < 4.78 is 1.97. The average molecular weight is 243 g/mol. The summed E-state index contributed by atoms with van der Waals surface area (Å²) in [6, 6.07) is 12.5. The molecule has 0 radical (unpaired) electrons. The Bertz CT molecular complexity index is 488. The molecule has 2 aromatic rings. The molecule has 3 heteroatoms. The number of aryl methyl sites for hydroxylation is 3. The van der Waals surface area contributed by atoms with Gasteiger partial charge in [0.15, 0.2) is 0 Å². The van der Waals surface area contributed by atoms with Gasteiger partial charge in [-0.1, -0.05) is 37.3 Å². The van der Waals surface area contributed by atoms with Gasteiger partial charge in [0.1, 0.15) is 0 Å². The first-order valence-corrected chi connectivity index (χ1v) is 6.53. The molecule has 1 heterocycles. The summed E-state index contributed by atoms with van der Waals surface area (Å²) in [5.41, 5.74) is 9.82. The highest BCUT2D eigenvalue weighted by molar-refractivity contribution is 5.19. The predicted molar refractivity (Wildman–Crippen MR) is 74.3 cm³/mol. The molecule has 0 spiro atoms. The van der Waals surface area contributed by atoms with Crippen LogP contribution in [-0.4, -0.2) is 9.78 Å². The number of benzene rings is 1. The van der Waals surface area contributed by atoms with Crippen molar-refractivity contribution in [3.05, 3.63) is 53.3 Å². The molecule has 96 valence electrons. The van der Waals surface area contributed by atoms with Gasteiger partial charge in [-0.05, 0) is 30.9 Å². The lowest BCUT2D eigenvalue weighted by Gasteiger charge is -2.11. The molecule has 1 aromatic carbocycles. The number of hydrogen-bond donors (Lipinski definition) is 1. The van der Waals surface area contributed by atoms with Gasteiger partial charge in [0.25, 0.3) is 0 Å². The molecule has 0 saturated heterocycles. The molecule has 0 aliphatic rings. The third kappa shape index (κ3) is 2.99. The van der Waals surface area contributed by atoms with E-state index in [4.69, 9.17) is 5.73 Å². The molecule has 1 atom stereocenters. The second-order valence-electron chi connectivity index (χ2n) is 4.66. The Morgan fingerprint density at radius 2 is 2.00 bits per heavy atom. The van der Waals surface area contributed by atoms with E-state index in [1.54, 1.807) is 0 Å². The van der Waals surface area contributed by atoms with Gasteiger partial charge in [-0.15, -0.1) is 0 Å². The first-order valence-electron chi connectivity index (χ1n) is 6.53. The Balaban J connectivity index is 1.97. The van der Waals surface area contributed by atoms with E-state index in [2.05, 4.69) is 30.2 Å². The van der Waals surface area contributed by atoms with Crippen LogP contribution >= 0.6 is 0 Å². The monoisotopic (exact) mass is 243 g/mol. The van der Waals surface area contributed by atoms with Crippen molar-refractivity contribution in [3.63, 3.8) is 0 Å². The first-order chi connectivity index (χ1) is 8.70. The molecule has 0 amide bonds. The maximum absolute atomic E-state index is 6.20. The lowest BCUT2D eigenvalue weighted by atomic mass is 10.0. The summed E-state index contributed by atoms with van der Waals surface area (Å²) in [7, 11) is 2.00. The van der Waals surface area contributed by atoms with Gasteiger partial charge >= 0.3 is 0 Å². The van der Waals surface area contributed by atoms with Crippen molar-refractivity contribution in [2.75, 3.05) is 0 Å². The van der Waals surface area contributed by atoms with Crippen LogP contribution in [0.4, 0.5) is 0 Å². The minimum absolute atomic E-state index is 0.103. The second-order valence-corrected chi connectivity index (χ2v) is 4.66. The lowest BCUT2D eigenvalue weighted by molar-refractivity contribution is 0.612. The van der Waals surface area contributed by atoms with Gasteiger partial charge in [0.2, 0.25) is 0 Å². The van der Waals surface area contributed by atoms with Gasteiger partial charge in [-0.2, -0.15) is 5.10 Å². The van der Waals surface area contributed by atoms with Crippen molar-refractivity contribution in [2.45, 2.75) is 32.2 Å². The highest BCUT2D eigenvalue weighted by Gasteiger charge is 2.08. The topological polar surface area (TPSA) is 43.8 Å². The fourth-order valence-corrected chi connectivity index (χ4v) is 2.15. The smallest absolute Gasteiger partial charge is 0.0624 e. The number of hydrogen-bond acceptors (Lipinski definition) is 2. The van der Waals surface area contributed by atoms with Crippen molar-refractivity contribution in [3.8, 4) is 0 Å². The molecule has 2 N–H and O–H groups in total. The highest BCUT2D eigenvalue weighted by Crippen LogP contribution is 2.16. The van der Waals surface area contributed by atoms with Crippen LogP contribution in [0.1, 0.15) is 36.3 Å². The summed E-state index contributed by atoms with van der Waals surface area (Å²) in [6.45, 7) is 2.13. The van der Waals surface area contributed by atoms with E-state index in [0.29, 0.717) is 0 Å². The van der Waals surface area contributed by atoms with Crippen LogP contribution in [0.25, 0.3) is 0 Å². The number of rotatable bonds is 5. The Kier molecular flexibility index (Phi) is 4.15. The van der Waals surface area contributed by atoms with E-state index in [-0.39, 0.29) is 6.04 Å². The molecule has 1 aromatic heterocycles. The van der Waals surface area contributed by atoms with Gasteiger partial charge in [0.05, 0.1) is 5.69 Å². The predicted octanol–water partition coefficient (Wildman–Crippen LogP) is 2.62. The van der Waals surface area contributed by atoms with E-state index < -0.39 is 0 Å². The molecule has 0 fully saturated rings.